The number of hydrogen-bond acceptors (Lipinski definition) is 5. The average molecular weight is 196 g/mol. The van der Waals surface area contributed by atoms with Crippen LogP contribution in [0.5, 0.6) is 0 Å². The number of nitrogens with one attached hydrogen (secondary N) is 1. The molecule has 0 aliphatic rings. The van der Waals surface area contributed by atoms with Crippen molar-refractivity contribution in [3.05, 3.63) is 18.1 Å². The molecule has 3 N–H and O–H groups in total. The van der Waals surface area contributed by atoms with Crippen LogP contribution in [0.3, 0.4) is 0 Å². The molecule has 0 saturated carbocycles. The molecular formula is C9H16N4O. The molecule has 0 radical (unpaired) electrons. The number of anilines is 1. The largest absolute Gasteiger partial charge is 0.370 e. The number of rotatable bonds is 3. The van der Waals surface area contributed by atoms with Gasteiger partial charge in [-0.2, -0.15) is 0 Å². The summed E-state index contributed by atoms with van der Waals surface area (Å²) < 4.78 is 5.53. The molecule has 0 spiro atoms. The van der Waals surface area contributed by atoms with Crippen LogP contribution < -0.4 is 11.3 Å². The van der Waals surface area contributed by atoms with Crippen LogP contribution in [0.4, 0.5) is 5.82 Å². The number of nitrogen functional groups attached to an aromatic ring is 1. The lowest BCUT2D eigenvalue weighted by Gasteiger charge is -2.18. The van der Waals surface area contributed by atoms with Gasteiger partial charge in [-0.05, 0) is 20.8 Å². The Bertz CT molecular complexity index is 278. The van der Waals surface area contributed by atoms with E-state index in [1.807, 2.05) is 20.8 Å². The molecule has 0 aliphatic heterocycles. The second-order valence-corrected chi connectivity index (χ2v) is 3.94. The summed E-state index contributed by atoms with van der Waals surface area (Å²) in [6, 6.07) is 0. The van der Waals surface area contributed by atoms with Crippen molar-refractivity contribution in [1.82, 2.24) is 9.97 Å². The molecule has 1 heterocycles. The van der Waals surface area contributed by atoms with Gasteiger partial charge in [0.25, 0.3) is 0 Å². The molecule has 14 heavy (non-hydrogen) atoms. The van der Waals surface area contributed by atoms with E-state index >= 15 is 0 Å². The monoisotopic (exact) mass is 196 g/mol. The van der Waals surface area contributed by atoms with E-state index in [0.29, 0.717) is 12.4 Å². The Balaban J connectivity index is 2.52. The van der Waals surface area contributed by atoms with Gasteiger partial charge in [0, 0.05) is 0 Å². The molecule has 1 aromatic rings. The van der Waals surface area contributed by atoms with E-state index in [1.54, 1.807) is 12.4 Å². The lowest BCUT2D eigenvalue weighted by molar-refractivity contribution is -0.0165. The van der Waals surface area contributed by atoms with Gasteiger partial charge in [0.15, 0.2) is 5.82 Å². The van der Waals surface area contributed by atoms with Crippen molar-refractivity contribution in [2.24, 2.45) is 5.84 Å². The Morgan fingerprint density at radius 3 is 2.50 bits per heavy atom. The van der Waals surface area contributed by atoms with Gasteiger partial charge in [-0.3, -0.25) is 4.98 Å². The standard InChI is InChI=1S/C9H16N4O/c1-9(2,3)14-6-7-4-12-8(13-10)5-11-7/h4-5H,6,10H2,1-3H3,(H,12,13). The van der Waals surface area contributed by atoms with E-state index in [1.165, 1.54) is 0 Å². The minimum absolute atomic E-state index is 0.160. The fraction of sp³-hybridized carbons (Fsp3) is 0.556. The average Bonchev–Trinajstić information content (AvgIpc) is 2.14. The fourth-order valence-corrected chi connectivity index (χ4v) is 0.794. The summed E-state index contributed by atoms with van der Waals surface area (Å²) in [4.78, 5) is 8.14. The number of hydrazine groups is 1. The molecule has 1 rings (SSSR count). The van der Waals surface area contributed by atoms with Crippen molar-refractivity contribution < 1.29 is 4.74 Å². The summed E-state index contributed by atoms with van der Waals surface area (Å²) in [6.45, 7) is 6.45. The maximum absolute atomic E-state index is 5.53. The van der Waals surface area contributed by atoms with Crippen molar-refractivity contribution in [2.45, 2.75) is 33.0 Å². The summed E-state index contributed by atoms with van der Waals surface area (Å²) in [5, 5.41) is 0. The molecule has 0 unspecified atom stereocenters. The predicted octanol–water partition coefficient (Wildman–Crippen LogP) is 1.08. The highest BCUT2D eigenvalue weighted by Gasteiger charge is 2.10. The van der Waals surface area contributed by atoms with E-state index in [4.69, 9.17) is 10.6 Å². The summed E-state index contributed by atoms with van der Waals surface area (Å²) in [6.07, 6.45) is 3.21. The SMILES string of the molecule is CC(C)(C)OCc1cnc(NN)cn1. The quantitative estimate of drug-likeness (QED) is 0.559. The van der Waals surface area contributed by atoms with Crippen LogP contribution in [0.2, 0.25) is 0 Å². The van der Waals surface area contributed by atoms with Crippen molar-refractivity contribution in [2.75, 3.05) is 5.43 Å². The normalized spacial score (nSPS) is 11.4. The summed E-state index contributed by atoms with van der Waals surface area (Å²) in [5.74, 6) is 5.71. The Morgan fingerprint density at radius 1 is 1.36 bits per heavy atom. The lowest BCUT2D eigenvalue weighted by atomic mass is 10.2. The van der Waals surface area contributed by atoms with Crippen molar-refractivity contribution >= 4 is 5.82 Å². The van der Waals surface area contributed by atoms with Gasteiger partial charge < -0.3 is 10.2 Å². The van der Waals surface area contributed by atoms with Gasteiger partial charge in [-0.15, -0.1) is 0 Å². The third-order valence-corrected chi connectivity index (χ3v) is 1.51. The van der Waals surface area contributed by atoms with Crippen LogP contribution in [0, 0.1) is 0 Å². The molecule has 0 aromatic carbocycles. The molecule has 78 valence electrons. The molecule has 0 fully saturated rings. The number of aromatic nitrogens is 2. The summed E-state index contributed by atoms with van der Waals surface area (Å²) in [7, 11) is 0. The summed E-state index contributed by atoms with van der Waals surface area (Å²) >= 11 is 0. The Kier molecular flexibility index (Phi) is 3.38. The smallest absolute Gasteiger partial charge is 0.158 e. The maximum Gasteiger partial charge on any atom is 0.158 e. The van der Waals surface area contributed by atoms with Gasteiger partial charge >= 0.3 is 0 Å². The molecule has 0 saturated heterocycles. The van der Waals surface area contributed by atoms with Crippen molar-refractivity contribution in [3.63, 3.8) is 0 Å². The first-order valence-corrected chi connectivity index (χ1v) is 4.43. The van der Waals surface area contributed by atoms with Crippen LogP contribution in [-0.2, 0) is 11.3 Å². The highest BCUT2D eigenvalue weighted by molar-refractivity contribution is 5.28. The van der Waals surface area contributed by atoms with Crippen LogP contribution in [0.25, 0.3) is 0 Å². The van der Waals surface area contributed by atoms with Crippen LogP contribution in [0.1, 0.15) is 26.5 Å². The molecule has 5 nitrogen and oxygen atoms in total. The Hall–Kier alpha value is -1.20. The molecular weight excluding hydrogens is 180 g/mol. The van der Waals surface area contributed by atoms with Gasteiger partial charge in [0.1, 0.15) is 0 Å². The number of ether oxygens (including phenoxy) is 1. The van der Waals surface area contributed by atoms with Gasteiger partial charge in [-0.25, -0.2) is 10.8 Å². The first kappa shape index (κ1) is 10.9. The van der Waals surface area contributed by atoms with Gasteiger partial charge in [-0.1, -0.05) is 0 Å². The van der Waals surface area contributed by atoms with E-state index < -0.39 is 0 Å². The van der Waals surface area contributed by atoms with E-state index in [0.717, 1.165) is 5.69 Å². The second kappa shape index (κ2) is 4.34. The van der Waals surface area contributed by atoms with Crippen LogP contribution in [0.15, 0.2) is 12.4 Å². The van der Waals surface area contributed by atoms with Crippen molar-refractivity contribution in [1.29, 1.82) is 0 Å². The first-order chi connectivity index (χ1) is 6.51. The van der Waals surface area contributed by atoms with E-state index in [9.17, 15) is 0 Å². The zero-order valence-corrected chi connectivity index (χ0v) is 8.74. The Morgan fingerprint density at radius 2 is 2.07 bits per heavy atom. The third kappa shape index (κ3) is 3.68. The highest BCUT2D eigenvalue weighted by atomic mass is 16.5. The zero-order valence-electron chi connectivity index (χ0n) is 8.74. The molecule has 0 atom stereocenters. The Labute approximate surface area is 83.7 Å². The van der Waals surface area contributed by atoms with E-state index in [2.05, 4.69) is 15.4 Å². The second-order valence-electron chi connectivity index (χ2n) is 3.94. The molecule has 0 bridgehead atoms. The highest BCUT2D eigenvalue weighted by Crippen LogP contribution is 2.10. The molecule has 0 amide bonds. The predicted molar refractivity (Wildman–Crippen MR) is 54.4 cm³/mol. The molecule has 5 heteroatoms. The van der Waals surface area contributed by atoms with E-state index in [-0.39, 0.29) is 5.60 Å². The molecule has 0 aliphatic carbocycles. The topological polar surface area (TPSA) is 73.1 Å². The fourth-order valence-electron chi connectivity index (χ4n) is 0.794. The van der Waals surface area contributed by atoms with Crippen LogP contribution in [-0.4, -0.2) is 15.6 Å². The minimum Gasteiger partial charge on any atom is -0.370 e. The van der Waals surface area contributed by atoms with Gasteiger partial charge in [0.05, 0.1) is 30.3 Å². The lowest BCUT2D eigenvalue weighted by Crippen LogP contribution is -2.19. The third-order valence-electron chi connectivity index (χ3n) is 1.51. The number of hydrogen-bond donors (Lipinski definition) is 2. The van der Waals surface area contributed by atoms with Crippen LogP contribution >= 0.6 is 0 Å². The zero-order chi connectivity index (χ0) is 10.6. The first-order valence-electron chi connectivity index (χ1n) is 4.43. The minimum atomic E-state index is -0.160. The van der Waals surface area contributed by atoms with Crippen molar-refractivity contribution in [3.8, 4) is 0 Å². The maximum atomic E-state index is 5.53. The van der Waals surface area contributed by atoms with Gasteiger partial charge in [0.2, 0.25) is 0 Å². The molecule has 1 aromatic heterocycles. The summed E-state index contributed by atoms with van der Waals surface area (Å²) in [5.41, 5.74) is 3.04. The number of nitrogens with zero attached hydrogens (tertiary/aromatic N) is 2. The number of nitrogens with two attached hydrogens (primary N) is 1.